The van der Waals surface area contributed by atoms with Crippen LogP contribution in [-0.2, 0) is 14.3 Å². The lowest BCUT2D eigenvalue weighted by atomic mass is 9.98. The van der Waals surface area contributed by atoms with Crippen molar-refractivity contribution in [2.24, 2.45) is 0 Å². The molecule has 0 spiro atoms. The second-order valence-corrected chi connectivity index (χ2v) is 15.0. The van der Waals surface area contributed by atoms with Crippen LogP contribution in [0.25, 0.3) is 0 Å². The summed E-state index contributed by atoms with van der Waals surface area (Å²) in [6.07, 6.45) is 35.4. The number of β-amino-alcohol motifs (C(OH)–C–C–N with tert-alkyl or cyclic N) is 1. The van der Waals surface area contributed by atoms with Crippen LogP contribution in [0, 0.1) is 0 Å². The van der Waals surface area contributed by atoms with Gasteiger partial charge in [0.2, 0.25) is 0 Å². The highest BCUT2D eigenvalue weighted by molar-refractivity contribution is 5.69. The fourth-order valence-corrected chi connectivity index (χ4v) is 7.34. The van der Waals surface area contributed by atoms with E-state index in [1.165, 1.54) is 127 Å². The number of hydrogen-bond donors (Lipinski definition) is 1. The summed E-state index contributed by atoms with van der Waals surface area (Å²) >= 11 is 0. The van der Waals surface area contributed by atoms with Crippen molar-refractivity contribution in [3.63, 3.8) is 0 Å². The Morgan fingerprint density at radius 1 is 0.625 bits per heavy atom. The predicted octanol–water partition coefficient (Wildman–Crippen LogP) is 12.6. The molecule has 0 aromatic rings. The van der Waals surface area contributed by atoms with Crippen LogP contribution >= 0.6 is 0 Å². The Bertz CT molecular complexity index is 737. The number of carbonyl (C=O) groups excluding carboxylic acids is 1. The highest BCUT2D eigenvalue weighted by atomic mass is 16.5. The van der Waals surface area contributed by atoms with E-state index in [0.29, 0.717) is 6.42 Å². The highest BCUT2D eigenvalue weighted by Gasteiger charge is 2.20. The van der Waals surface area contributed by atoms with Gasteiger partial charge in [0.05, 0.1) is 18.5 Å². The van der Waals surface area contributed by atoms with Crippen molar-refractivity contribution in [1.29, 1.82) is 0 Å². The van der Waals surface area contributed by atoms with Crippen molar-refractivity contribution in [2.45, 2.75) is 233 Å². The minimum absolute atomic E-state index is 0.00721. The Morgan fingerprint density at radius 2 is 1.15 bits per heavy atom. The van der Waals surface area contributed by atoms with Gasteiger partial charge in [0.15, 0.2) is 0 Å². The van der Waals surface area contributed by atoms with Crippen molar-refractivity contribution in [3.8, 4) is 0 Å². The number of nitrogens with zero attached hydrogens (tertiary/aromatic N) is 1. The fraction of sp³-hybridized carbons (Fsp3) is 0.930. The lowest BCUT2D eigenvalue weighted by Crippen LogP contribution is -2.29. The first-order valence-corrected chi connectivity index (χ1v) is 21.5. The van der Waals surface area contributed by atoms with Gasteiger partial charge in [-0.05, 0) is 95.7 Å². The number of esters is 1. The number of rotatable bonds is 31. The largest absolute Gasteiger partial charge is 0.495 e. The number of allylic oxidation sites excluding steroid dienone is 2. The van der Waals surface area contributed by atoms with E-state index in [2.05, 4.69) is 32.6 Å². The normalized spacial score (nSPS) is 17.1. The molecule has 0 radical (unpaired) electrons. The number of ether oxygens (including phenoxy) is 2. The van der Waals surface area contributed by atoms with Crippen molar-refractivity contribution in [1.82, 2.24) is 4.90 Å². The Hall–Kier alpha value is -1.07. The summed E-state index contributed by atoms with van der Waals surface area (Å²) in [5, 5.41) is 9.58. The molecule has 1 rings (SSSR count). The third kappa shape index (κ3) is 25.0. The second kappa shape index (κ2) is 33.1. The third-order valence-electron chi connectivity index (χ3n) is 10.4. The monoisotopic (exact) mass is 678 g/mol. The van der Waals surface area contributed by atoms with Crippen LogP contribution < -0.4 is 0 Å². The second-order valence-electron chi connectivity index (χ2n) is 15.0. The minimum atomic E-state index is -0.00721. The van der Waals surface area contributed by atoms with Crippen molar-refractivity contribution < 1.29 is 19.4 Å². The van der Waals surface area contributed by atoms with Gasteiger partial charge in [-0.15, -0.1) is 0 Å². The van der Waals surface area contributed by atoms with E-state index in [-0.39, 0.29) is 24.8 Å². The summed E-state index contributed by atoms with van der Waals surface area (Å²) in [7, 11) is 0. The van der Waals surface area contributed by atoms with Crippen LogP contribution in [-0.4, -0.2) is 54.4 Å². The van der Waals surface area contributed by atoms with E-state index in [0.717, 1.165) is 90.3 Å². The summed E-state index contributed by atoms with van der Waals surface area (Å²) in [6, 6.07) is 0. The van der Waals surface area contributed by atoms with E-state index in [1.54, 1.807) is 0 Å². The smallest absolute Gasteiger partial charge is 0.306 e. The summed E-state index contributed by atoms with van der Waals surface area (Å²) in [6.45, 7) is 12.1. The Morgan fingerprint density at radius 3 is 1.69 bits per heavy atom. The van der Waals surface area contributed by atoms with Gasteiger partial charge < -0.3 is 19.5 Å². The number of aliphatic hydroxyl groups excluding tert-OH is 1. The van der Waals surface area contributed by atoms with E-state index in [9.17, 15) is 9.90 Å². The average Bonchev–Trinajstić information content (AvgIpc) is 3.08. The van der Waals surface area contributed by atoms with Crippen LogP contribution in [0.15, 0.2) is 11.3 Å². The number of aliphatic hydroxyl groups is 1. The summed E-state index contributed by atoms with van der Waals surface area (Å²) in [4.78, 5) is 15.8. The highest BCUT2D eigenvalue weighted by Crippen LogP contribution is 2.28. The lowest BCUT2D eigenvalue weighted by molar-refractivity contribution is -0.149. The molecule has 1 atom stereocenters. The van der Waals surface area contributed by atoms with Gasteiger partial charge in [0.25, 0.3) is 0 Å². The zero-order valence-corrected chi connectivity index (χ0v) is 32.8. The first-order chi connectivity index (χ1) is 23.6. The Balaban J connectivity index is 2.90. The summed E-state index contributed by atoms with van der Waals surface area (Å²) < 4.78 is 13.2. The van der Waals surface area contributed by atoms with Gasteiger partial charge in [-0.1, -0.05) is 130 Å². The SMILES string of the molecule is CCCCCCCCC(CCCCCCCC)OC(=O)CC/C1=C(\OC(CCC)CCCCCCCC)CCCN(CCO)CCCC1. The molecule has 0 aromatic heterocycles. The quantitative estimate of drug-likeness (QED) is 0.0584. The molecule has 0 bridgehead atoms. The number of unbranched alkanes of at least 4 members (excludes halogenated alkanes) is 15. The van der Waals surface area contributed by atoms with Crippen molar-refractivity contribution in [2.75, 3.05) is 26.2 Å². The molecule has 5 nitrogen and oxygen atoms in total. The first kappa shape index (κ1) is 45.0. The molecule has 0 amide bonds. The number of hydrogen-bond acceptors (Lipinski definition) is 5. The maximum absolute atomic E-state index is 13.4. The molecule has 0 saturated heterocycles. The van der Waals surface area contributed by atoms with Crippen LogP contribution in [0.4, 0.5) is 0 Å². The predicted molar refractivity (Wildman–Crippen MR) is 207 cm³/mol. The molecule has 0 aliphatic carbocycles. The van der Waals surface area contributed by atoms with Crippen molar-refractivity contribution >= 4 is 5.97 Å². The van der Waals surface area contributed by atoms with Gasteiger partial charge >= 0.3 is 5.97 Å². The van der Waals surface area contributed by atoms with Crippen LogP contribution in [0.5, 0.6) is 0 Å². The van der Waals surface area contributed by atoms with Gasteiger partial charge in [-0.3, -0.25) is 4.79 Å². The van der Waals surface area contributed by atoms with Gasteiger partial charge in [0, 0.05) is 19.4 Å². The third-order valence-corrected chi connectivity index (χ3v) is 10.4. The van der Waals surface area contributed by atoms with E-state index in [1.807, 2.05) is 0 Å². The molecular weight excluding hydrogens is 594 g/mol. The summed E-state index contributed by atoms with van der Waals surface area (Å²) in [5.74, 6) is 1.17. The molecule has 1 aliphatic rings. The molecule has 1 heterocycles. The molecule has 0 saturated carbocycles. The summed E-state index contributed by atoms with van der Waals surface area (Å²) in [5.41, 5.74) is 1.37. The lowest BCUT2D eigenvalue weighted by Gasteiger charge is -2.27. The first-order valence-electron chi connectivity index (χ1n) is 21.5. The van der Waals surface area contributed by atoms with Gasteiger partial charge in [0.1, 0.15) is 6.10 Å². The van der Waals surface area contributed by atoms with Crippen LogP contribution in [0.2, 0.25) is 0 Å². The molecule has 1 N–H and O–H groups in total. The zero-order chi connectivity index (χ0) is 34.9. The fourth-order valence-electron chi connectivity index (χ4n) is 7.34. The van der Waals surface area contributed by atoms with E-state index >= 15 is 0 Å². The van der Waals surface area contributed by atoms with Gasteiger partial charge in [-0.2, -0.15) is 0 Å². The molecule has 284 valence electrons. The van der Waals surface area contributed by atoms with Crippen LogP contribution in [0.1, 0.15) is 220 Å². The van der Waals surface area contributed by atoms with Gasteiger partial charge in [-0.25, -0.2) is 0 Å². The maximum Gasteiger partial charge on any atom is 0.306 e. The molecule has 0 fully saturated rings. The van der Waals surface area contributed by atoms with E-state index in [4.69, 9.17) is 9.47 Å². The van der Waals surface area contributed by atoms with Crippen molar-refractivity contribution in [3.05, 3.63) is 11.3 Å². The standard InChI is InChI=1S/C43H83NO4/c1-5-9-12-15-18-21-29-40(27-8-4)47-42-32-26-36-44(37-38-45)35-25-24-28-39(42)33-34-43(46)48-41(30-22-19-16-13-10-6-2)31-23-20-17-14-11-7-3/h40-41,45H,5-38H2,1-4H3/b42-39-. The zero-order valence-electron chi connectivity index (χ0n) is 32.8. The molecular formula is C43H83NO4. The average molecular weight is 678 g/mol. The topological polar surface area (TPSA) is 59.0 Å². The van der Waals surface area contributed by atoms with E-state index < -0.39 is 0 Å². The molecule has 1 aliphatic heterocycles. The Labute approximate surface area is 299 Å². The molecule has 5 heteroatoms. The Kier molecular flexibility index (Phi) is 31.0. The number of carbonyl (C=O) groups is 1. The minimum Gasteiger partial charge on any atom is -0.495 e. The maximum atomic E-state index is 13.4. The molecule has 48 heavy (non-hydrogen) atoms. The molecule has 1 unspecified atom stereocenters. The van der Waals surface area contributed by atoms with Crippen LogP contribution in [0.3, 0.4) is 0 Å². The molecule has 0 aromatic carbocycles.